The van der Waals surface area contributed by atoms with Gasteiger partial charge >= 0.3 is 0 Å². The van der Waals surface area contributed by atoms with Crippen molar-refractivity contribution in [1.82, 2.24) is 4.90 Å². The van der Waals surface area contributed by atoms with Gasteiger partial charge in [-0.15, -0.1) is 0 Å². The van der Waals surface area contributed by atoms with Gasteiger partial charge in [0.05, 0.1) is 6.61 Å². The summed E-state index contributed by atoms with van der Waals surface area (Å²) < 4.78 is 0. The Bertz CT molecular complexity index is 94.3. The van der Waals surface area contributed by atoms with Crippen LogP contribution in [0.4, 0.5) is 0 Å². The van der Waals surface area contributed by atoms with Gasteiger partial charge in [-0.2, -0.15) is 0 Å². The van der Waals surface area contributed by atoms with E-state index >= 15 is 0 Å². The summed E-state index contributed by atoms with van der Waals surface area (Å²) >= 11 is 0. The second-order valence-corrected chi connectivity index (χ2v) is 3.18. The number of hydrogen-bond acceptors (Lipinski definition) is 3. The monoisotopic (exact) mass is 160 g/mol. The fourth-order valence-corrected chi connectivity index (χ4v) is 1.53. The lowest BCUT2D eigenvalue weighted by Gasteiger charge is -2.47. The highest BCUT2D eigenvalue weighted by molar-refractivity contribution is 4.91. The van der Waals surface area contributed by atoms with Gasteiger partial charge < -0.3 is 15.7 Å². The van der Waals surface area contributed by atoms with Crippen LogP contribution in [0.5, 0.6) is 0 Å². The summed E-state index contributed by atoms with van der Waals surface area (Å²) in [6.07, 6.45) is 1.10. The van der Waals surface area contributed by atoms with Crippen molar-refractivity contribution in [3.63, 3.8) is 0 Å². The van der Waals surface area contributed by atoms with Crippen LogP contribution in [0, 0.1) is 5.41 Å². The lowest BCUT2D eigenvalue weighted by molar-refractivity contribution is -0.0279. The molecule has 1 aliphatic rings. The minimum Gasteiger partial charge on any atom is -0.396 e. The Morgan fingerprint density at radius 2 is 1.91 bits per heavy atom. The van der Waals surface area contributed by atoms with Gasteiger partial charge in [0.2, 0.25) is 0 Å². The molecule has 1 rings (SSSR count). The van der Waals surface area contributed by atoms with Gasteiger partial charge in [-0.1, -0.05) is 6.92 Å². The third kappa shape index (κ3) is 2.43. The van der Waals surface area contributed by atoms with Crippen molar-refractivity contribution in [1.29, 1.82) is 0 Å². The molecule has 3 N–H and O–H groups in total. The molecule has 3 heteroatoms. The van der Waals surface area contributed by atoms with E-state index in [1.807, 2.05) is 0 Å². The first-order valence-electron chi connectivity index (χ1n) is 4.09. The fraction of sp³-hybridized carbons (Fsp3) is 1.00. The molecule has 0 spiro atoms. The Morgan fingerprint density at radius 1 is 1.45 bits per heavy atom. The third-order valence-electron chi connectivity index (χ3n) is 2.30. The average Bonchev–Trinajstić information content (AvgIpc) is 2.02. The zero-order valence-corrected chi connectivity index (χ0v) is 7.80. The Hall–Kier alpha value is -0.120. The van der Waals surface area contributed by atoms with E-state index in [2.05, 4.69) is 24.6 Å². The molecule has 0 aromatic carbocycles. The summed E-state index contributed by atoms with van der Waals surface area (Å²) in [5.74, 6) is 0. The molecule has 1 heterocycles. The van der Waals surface area contributed by atoms with E-state index in [0.29, 0.717) is 6.61 Å². The second kappa shape index (κ2) is 4.70. The number of aliphatic hydroxyl groups is 1. The summed E-state index contributed by atoms with van der Waals surface area (Å²) in [5.41, 5.74) is 4.76. The van der Waals surface area contributed by atoms with E-state index in [4.69, 9.17) is 5.11 Å². The summed E-state index contributed by atoms with van der Waals surface area (Å²) in [6, 6.07) is 0. The van der Waals surface area contributed by atoms with Crippen molar-refractivity contribution in [3.05, 3.63) is 0 Å². The van der Waals surface area contributed by atoms with Gasteiger partial charge in [0.25, 0.3) is 0 Å². The molecule has 1 fully saturated rings. The minimum atomic E-state index is 0.259. The average molecular weight is 160 g/mol. The molecule has 0 atom stereocenters. The van der Waals surface area contributed by atoms with Crippen molar-refractivity contribution in [2.24, 2.45) is 11.1 Å². The first kappa shape index (κ1) is 10.9. The van der Waals surface area contributed by atoms with E-state index in [0.717, 1.165) is 19.5 Å². The normalized spacial score (nSPS) is 21.5. The molecular weight excluding hydrogens is 140 g/mol. The maximum atomic E-state index is 8.93. The quantitative estimate of drug-likeness (QED) is 0.593. The van der Waals surface area contributed by atoms with Crippen molar-refractivity contribution in [2.45, 2.75) is 13.3 Å². The van der Waals surface area contributed by atoms with Crippen LogP contribution in [0.15, 0.2) is 0 Å². The van der Waals surface area contributed by atoms with E-state index in [-0.39, 0.29) is 5.41 Å². The molecule has 1 saturated heterocycles. The molecule has 68 valence electrons. The largest absolute Gasteiger partial charge is 0.396 e. The van der Waals surface area contributed by atoms with Gasteiger partial charge in [-0.05, 0) is 20.5 Å². The van der Waals surface area contributed by atoms with Gasteiger partial charge in [-0.3, -0.25) is 0 Å². The van der Waals surface area contributed by atoms with Crippen LogP contribution in [0.3, 0.4) is 0 Å². The standard InChI is InChI=1S/C7H15NO.CH5N/c1-3-7(6-9)4-8(2)5-7;1-2/h9H,3-6H2,1-2H3;2H2,1H3. The molecule has 0 amide bonds. The predicted molar refractivity (Wildman–Crippen MR) is 47.4 cm³/mol. The van der Waals surface area contributed by atoms with E-state index in [9.17, 15) is 0 Å². The summed E-state index contributed by atoms with van der Waals surface area (Å²) in [6.45, 7) is 4.64. The number of nitrogens with zero attached hydrogens (tertiary/aromatic N) is 1. The first-order valence-corrected chi connectivity index (χ1v) is 4.09. The van der Waals surface area contributed by atoms with Crippen molar-refractivity contribution >= 4 is 0 Å². The number of aliphatic hydroxyl groups excluding tert-OH is 1. The van der Waals surface area contributed by atoms with E-state index < -0.39 is 0 Å². The minimum absolute atomic E-state index is 0.259. The zero-order chi connectivity index (χ0) is 8.91. The maximum absolute atomic E-state index is 8.93. The highest BCUT2D eigenvalue weighted by Gasteiger charge is 2.38. The molecular formula is C8H20N2O. The molecule has 3 nitrogen and oxygen atoms in total. The molecule has 0 aromatic heterocycles. The second-order valence-electron chi connectivity index (χ2n) is 3.18. The van der Waals surface area contributed by atoms with Crippen LogP contribution in [0.2, 0.25) is 0 Å². The van der Waals surface area contributed by atoms with E-state index in [1.54, 1.807) is 0 Å². The molecule has 0 bridgehead atoms. The highest BCUT2D eigenvalue weighted by Crippen LogP contribution is 2.31. The molecule has 0 aromatic rings. The smallest absolute Gasteiger partial charge is 0.0511 e. The van der Waals surface area contributed by atoms with Crippen molar-refractivity contribution < 1.29 is 5.11 Å². The van der Waals surface area contributed by atoms with Crippen LogP contribution in [-0.2, 0) is 0 Å². The van der Waals surface area contributed by atoms with Crippen molar-refractivity contribution in [3.8, 4) is 0 Å². The SMILES string of the molecule is CCC1(CO)CN(C)C1.CN. The number of hydrogen-bond donors (Lipinski definition) is 2. The molecule has 0 radical (unpaired) electrons. The third-order valence-corrected chi connectivity index (χ3v) is 2.30. The number of rotatable bonds is 2. The zero-order valence-electron chi connectivity index (χ0n) is 7.80. The van der Waals surface area contributed by atoms with Crippen molar-refractivity contribution in [2.75, 3.05) is 33.8 Å². The molecule has 1 aliphatic heterocycles. The Morgan fingerprint density at radius 3 is 2.00 bits per heavy atom. The fourth-order valence-electron chi connectivity index (χ4n) is 1.53. The molecule has 0 aliphatic carbocycles. The Balaban J connectivity index is 0.000000461. The summed E-state index contributed by atoms with van der Waals surface area (Å²) in [4.78, 5) is 2.24. The lowest BCUT2D eigenvalue weighted by Crippen LogP contribution is -2.55. The summed E-state index contributed by atoms with van der Waals surface area (Å²) in [7, 11) is 3.59. The van der Waals surface area contributed by atoms with Crippen LogP contribution in [0.1, 0.15) is 13.3 Å². The van der Waals surface area contributed by atoms with Gasteiger partial charge in [0.1, 0.15) is 0 Å². The maximum Gasteiger partial charge on any atom is 0.0511 e. The van der Waals surface area contributed by atoms with Gasteiger partial charge in [-0.25, -0.2) is 0 Å². The lowest BCUT2D eigenvalue weighted by atomic mass is 9.79. The van der Waals surface area contributed by atoms with Crippen LogP contribution in [-0.4, -0.2) is 43.8 Å². The predicted octanol–water partition coefficient (Wildman–Crippen LogP) is -0.105. The van der Waals surface area contributed by atoms with Crippen LogP contribution < -0.4 is 5.73 Å². The van der Waals surface area contributed by atoms with E-state index in [1.165, 1.54) is 7.05 Å². The topological polar surface area (TPSA) is 49.5 Å². The Labute approximate surface area is 69.2 Å². The van der Waals surface area contributed by atoms with Crippen LogP contribution >= 0.6 is 0 Å². The first-order chi connectivity index (χ1) is 5.22. The molecule has 0 unspecified atom stereocenters. The Kier molecular flexibility index (Phi) is 4.65. The van der Waals surface area contributed by atoms with Gasteiger partial charge in [0, 0.05) is 18.5 Å². The molecule has 11 heavy (non-hydrogen) atoms. The summed E-state index contributed by atoms with van der Waals surface area (Å²) in [5, 5.41) is 8.93. The molecule has 0 saturated carbocycles. The number of likely N-dealkylation sites (tertiary alicyclic amines) is 1. The van der Waals surface area contributed by atoms with Gasteiger partial charge in [0.15, 0.2) is 0 Å². The van der Waals surface area contributed by atoms with Crippen LogP contribution in [0.25, 0.3) is 0 Å². The highest BCUT2D eigenvalue weighted by atomic mass is 16.3. The number of nitrogens with two attached hydrogens (primary N) is 1.